The zero-order valence-corrected chi connectivity index (χ0v) is 15.1. The van der Waals surface area contributed by atoms with Crippen LogP contribution in [0.15, 0.2) is 60.8 Å². The first-order chi connectivity index (χ1) is 13.8. The fourth-order valence-corrected chi connectivity index (χ4v) is 3.50. The molecule has 6 nitrogen and oxygen atoms in total. The van der Waals surface area contributed by atoms with Crippen molar-refractivity contribution >= 4 is 28.6 Å². The lowest BCUT2D eigenvalue weighted by molar-refractivity contribution is 0.0971. The average Bonchev–Trinajstić information content (AvgIpc) is 2.74. The molecule has 136 valence electrons. The normalized spacial score (nSPS) is 13.4. The van der Waals surface area contributed by atoms with E-state index in [2.05, 4.69) is 20.3 Å². The largest absolute Gasteiger partial charge is 0.294 e. The van der Waals surface area contributed by atoms with Crippen LogP contribution in [-0.4, -0.2) is 25.7 Å². The van der Waals surface area contributed by atoms with E-state index >= 15 is 0 Å². The summed E-state index contributed by atoms with van der Waals surface area (Å²) >= 11 is 0. The van der Waals surface area contributed by atoms with Crippen molar-refractivity contribution in [1.82, 2.24) is 19.9 Å². The quantitative estimate of drug-likeness (QED) is 0.580. The molecule has 1 N–H and O–H groups in total. The maximum absolute atomic E-state index is 12.0. The monoisotopic (exact) mass is 367 g/mol. The van der Waals surface area contributed by atoms with Gasteiger partial charge in [0.2, 0.25) is 11.9 Å². The third kappa shape index (κ3) is 2.99. The fourth-order valence-electron chi connectivity index (χ4n) is 3.50. The van der Waals surface area contributed by atoms with Gasteiger partial charge in [-0.25, -0.2) is 19.9 Å². The molecule has 0 spiro atoms. The summed E-state index contributed by atoms with van der Waals surface area (Å²) in [5, 5.41) is 4.10. The van der Waals surface area contributed by atoms with E-state index in [1.807, 2.05) is 54.6 Å². The predicted molar refractivity (Wildman–Crippen MR) is 108 cm³/mol. The van der Waals surface area contributed by atoms with Gasteiger partial charge in [-0.15, -0.1) is 0 Å². The van der Waals surface area contributed by atoms with E-state index in [0.717, 1.165) is 40.7 Å². The molecule has 0 fully saturated rings. The van der Waals surface area contributed by atoms with Crippen LogP contribution in [0.25, 0.3) is 22.2 Å². The van der Waals surface area contributed by atoms with Crippen LogP contribution in [0.2, 0.25) is 0 Å². The molecule has 0 saturated heterocycles. The summed E-state index contributed by atoms with van der Waals surface area (Å²) in [5.41, 5.74) is 4.12. The second-order valence-electron chi connectivity index (χ2n) is 6.73. The molecular formula is C22H17N5O. The van der Waals surface area contributed by atoms with Crippen molar-refractivity contribution in [3.63, 3.8) is 0 Å². The Morgan fingerprint density at radius 3 is 2.54 bits per heavy atom. The molecule has 0 radical (unpaired) electrons. The van der Waals surface area contributed by atoms with Crippen molar-refractivity contribution in [3.8, 4) is 11.3 Å². The van der Waals surface area contributed by atoms with Gasteiger partial charge in [-0.3, -0.25) is 10.1 Å². The number of hydrogen-bond donors (Lipinski definition) is 1. The molecule has 6 heteroatoms. The van der Waals surface area contributed by atoms with E-state index in [9.17, 15) is 4.79 Å². The number of carbonyl (C=O) groups excluding carboxylic acids is 1. The number of nitrogens with zero attached hydrogens (tertiary/aromatic N) is 4. The number of ketones is 1. The van der Waals surface area contributed by atoms with Gasteiger partial charge >= 0.3 is 0 Å². The molecule has 0 aliphatic heterocycles. The van der Waals surface area contributed by atoms with E-state index in [-0.39, 0.29) is 5.78 Å². The third-order valence-corrected chi connectivity index (χ3v) is 4.86. The molecule has 5 rings (SSSR count). The third-order valence-electron chi connectivity index (χ3n) is 4.86. The summed E-state index contributed by atoms with van der Waals surface area (Å²) in [6.07, 6.45) is 3.78. The molecule has 28 heavy (non-hydrogen) atoms. The zero-order valence-electron chi connectivity index (χ0n) is 15.1. The molecule has 0 atom stereocenters. The summed E-state index contributed by atoms with van der Waals surface area (Å²) in [6, 6.07) is 17.9. The van der Waals surface area contributed by atoms with Crippen molar-refractivity contribution in [2.75, 3.05) is 5.32 Å². The number of nitrogens with one attached hydrogen (secondary N) is 1. The van der Waals surface area contributed by atoms with Crippen molar-refractivity contribution in [3.05, 3.63) is 72.1 Å². The Balaban J connectivity index is 1.58. The lowest BCUT2D eigenvalue weighted by Crippen LogP contribution is -2.14. The van der Waals surface area contributed by atoms with Gasteiger partial charge in [-0.2, -0.15) is 0 Å². The van der Waals surface area contributed by atoms with Crippen molar-refractivity contribution in [1.29, 1.82) is 0 Å². The van der Waals surface area contributed by atoms with E-state index in [1.54, 1.807) is 6.20 Å². The van der Waals surface area contributed by atoms with Gasteiger partial charge in [0.15, 0.2) is 5.78 Å². The van der Waals surface area contributed by atoms with Crippen LogP contribution in [0.3, 0.4) is 0 Å². The molecule has 0 amide bonds. The molecule has 0 saturated carbocycles. The zero-order chi connectivity index (χ0) is 18.9. The highest BCUT2D eigenvalue weighted by atomic mass is 16.1. The Bertz CT molecular complexity index is 1190. The molecular weight excluding hydrogens is 350 g/mol. The maximum atomic E-state index is 12.0. The minimum absolute atomic E-state index is 0.112. The lowest BCUT2D eigenvalue weighted by atomic mass is 9.96. The first-order valence-electron chi connectivity index (χ1n) is 9.26. The molecule has 0 bridgehead atoms. The number of aryl methyl sites for hydroxylation is 1. The smallest absolute Gasteiger partial charge is 0.230 e. The Kier molecular flexibility index (Phi) is 4.01. The van der Waals surface area contributed by atoms with Crippen molar-refractivity contribution < 1.29 is 4.79 Å². The second-order valence-corrected chi connectivity index (χ2v) is 6.73. The molecule has 2 heterocycles. The lowest BCUT2D eigenvalue weighted by Gasteiger charge is -2.14. The van der Waals surface area contributed by atoms with Crippen LogP contribution in [0.1, 0.15) is 28.9 Å². The van der Waals surface area contributed by atoms with Crippen molar-refractivity contribution in [2.24, 2.45) is 0 Å². The first-order valence-corrected chi connectivity index (χ1v) is 9.26. The topological polar surface area (TPSA) is 80.7 Å². The molecule has 4 aromatic rings. The first kappa shape index (κ1) is 16.5. The number of hydrogen-bond acceptors (Lipinski definition) is 6. The molecule has 1 aliphatic rings. The molecule has 1 aliphatic carbocycles. The van der Waals surface area contributed by atoms with Gasteiger partial charge in [0, 0.05) is 23.6 Å². The van der Waals surface area contributed by atoms with Crippen LogP contribution in [0.5, 0.6) is 0 Å². The molecule has 2 aromatic carbocycles. The minimum Gasteiger partial charge on any atom is -0.294 e. The summed E-state index contributed by atoms with van der Waals surface area (Å²) in [4.78, 5) is 30.1. The van der Waals surface area contributed by atoms with Crippen LogP contribution in [0.4, 0.5) is 11.9 Å². The average molecular weight is 367 g/mol. The van der Waals surface area contributed by atoms with E-state index in [0.29, 0.717) is 23.9 Å². The number of carbonyl (C=O) groups is 1. The van der Waals surface area contributed by atoms with Gasteiger partial charge < -0.3 is 0 Å². The number of benzene rings is 2. The van der Waals surface area contributed by atoms with Gasteiger partial charge in [-0.1, -0.05) is 48.5 Å². The Labute approximate surface area is 161 Å². The van der Waals surface area contributed by atoms with E-state index < -0.39 is 0 Å². The number of para-hydroxylation sites is 1. The minimum atomic E-state index is 0.112. The standard InChI is InChI=1S/C22H17N5O/c28-19-12-6-11-18-16(19)13-23-21(24-18)27-22-25-17-10-5-4-9-15(17)20(26-22)14-7-2-1-3-8-14/h1-5,7-10,13H,6,11-12H2,(H,23,24,25,26,27). The van der Waals surface area contributed by atoms with Crippen molar-refractivity contribution in [2.45, 2.75) is 19.3 Å². The summed E-state index contributed by atoms with van der Waals surface area (Å²) in [7, 11) is 0. The molecule has 0 unspecified atom stereocenters. The Morgan fingerprint density at radius 2 is 1.64 bits per heavy atom. The number of rotatable bonds is 3. The number of Topliss-reactive ketones (excluding diaryl/α,β-unsaturated/α-hetero) is 1. The van der Waals surface area contributed by atoms with Gasteiger partial charge in [0.05, 0.1) is 22.5 Å². The van der Waals surface area contributed by atoms with Gasteiger partial charge in [-0.05, 0) is 18.9 Å². The van der Waals surface area contributed by atoms with Gasteiger partial charge in [0.25, 0.3) is 0 Å². The highest BCUT2D eigenvalue weighted by Crippen LogP contribution is 2.28. The van der Waals surface area contributed by atoms with Crippen LogP contribution in [0, 0.1) is 0 Å². The van der Waals surface area contributed by atoms with Crippen LogP contribution >= 0.6 is 0 Å². The summed E-state index contributed by atoms with van der Waals surface area (Å²) < 4.78 is 0. The van der Waals surface area contributed by atoms with Crippen LogP contribution < -0.4 is 5.32 Å². The summed E-state index contributed by atoms with van der Waals surface area (Å²) in [5.74, 6) is 0.948. The van der Waals surface area contributed by atoms with Crippen LogP contribution in [-0.2, 0) is 6.42 Å². The number of aromatic nitrogens is 4. The fraction of sp³-hybridized carbons (Fsp3) is 0.136. The molecule has 2 aromatic heterocycles. The highest BCUT2D eigenvalue weighted by Gasteiger charge is 2.19. The van der Waals surface area contributed by atoms with Gasteiger partial charge in [0.1, 0.15) is 0 Å². The predicted octanol–water partition coefficient (Wildman–Crippen LogP) is 4.35. The maximum Gasteiger partial charge on any atom is 0.230 e. The second kappa shape index (κ2) is 6.81. The number of anilines is 2. The Morgan fingerprint density at radius 1 is 0.821 bits per heavy atom. The number of fused-ring (bicyclic) bond motifs is 2. The van der Waals surface area contributed by atoms with E-state index in [1.165, 1.54) is 0 Å². The van der Waals surface area contributed by atoms with E-state index in [4.69, 9.17) is 4.98 Å². The Hall–Kier alpha value is -3.67. The highest BCUT2D eigenvalue weighted by molar-refractivity contribution is 5.98. The SMILES string of the molecule is O=C1CCCc2nc(Nc3nc(-c4ccccc4)c4ccccc4n3)ncc21. The summed E-state index contributed by atoms with van der Waals surface area (Å²) in [6.45, 7) is 0.